The van der Waals surface area contributed by atoms with Crippen LogP contribution in [-0.4, -0.2) is 78.7 Å². The Kier molecular flexibility index (Phi) is 69.3. The standard InChI is InChI=1S/C113H188O12/c1-10-15-19-23-27-31-35-39-43-47-51-55-59-63-67-71-75-95-79-80-106(122-91-107(114)118-6)100(81-95)88-101-84-97(77-73-69-65-61-57-53-49-45-41-37-33-29-25-21-17-12-3)85-104(112(101)124-93-109(116)120-8)90-105-87-98(78-74-70-66-62-58-54-50-46-42-38-34-30-26-22-18-13-4)86-103(113(105)125-94-110(117)121-9)89-102-83-96(82-99(14-5)111(102)123-92-108(115)119-7)76-72-68-64-60-56-52-48-44-40-36-32-28-24-20-16-11-2/h79-87H,10-78,88-94H2,1-9H3. The van der Waals surface area contributed by atoms with Crippen molar-refractivity contribution in [2.45, 2.75) is 497 Å². The Hall–Kier alpha value is -6.04. The van der Waals surface area contributed by atoms with E-state index in [1.807, 2.05) is 6.07 Å². The van der Waals surface area contributed by atoms with Crippen LogP contribution < -0.4 is 18.9 Å². The normalized spacial score (nSPS) is 11.4. The summed E-state index contributed by atoms with van der Waals surface area (Å²) < 4.78 is 48.0. The van der Waals surface area contributed by atoms with Crippen molar-refractivity contribution in [2.75, 3.05) is 54.9 Å². The average molecular weight is 1740 g/mol. The highest BCUT2D eigenvalue weighted by atomic mass is 16.6. The van der Waals surface area contributed by atoms with Crippen molar-refractivity contribution in [3.8, 4) is 23.0 Å². The van der Waals surface area contributed by atoms with E-state index in [2.05, 4.69) is 83.1 Å². The van der Waals surface area contributed by atoms with Crippen molar-refractivity contribution in [1.29, 1.82) is 0 Å². The zero-order valence-electron chi connectivity index (χ0n) is 82.3. The van der Waals surface area contributed by atoms with E-state index in [0.717, 1.165) is 127 Å². The third-order valence-electron chi connectivity index (χ3n) is 26.1. The highest BCUT2D eigenvalue weighted by molar-refractivity contribution is 5.73. The third-order valence-corrected chi connectivity index (χ3v) is 26.1. The smallest absolute Gasteiger partial charge is 0.343 e. The molecule has 0 spiro atoms. The molecule has 0 aliphatic carbocycles. The monoisotopic (exact) mass is 1740 g/mol. The van der Waals surface area contributed by atoms with Crippen LogP contribution >= 0.6 is 0 Å². The van der Waals surface area contributed by atoms with Crippen LogP contribution in [0.15, 0.2) is 54.6 Å². The Balaban J connectivity index is 1.82. The fourth-order valence-corrected chi connectivity index (χ4v) is 18.3. The Bertz CT molecular complexity index is 3310. The van der Waals surface area contributed by atoms with E-state index in [-0.39, 0.29) is 26.4 Å². The van der Waals surface area contributed by atoms with Crippen LogP contribution in [0.5, 0.6) is 23.0 Å². The number of ether oxygens (including phenoxy) is 8. The number of aryl methyl sites for hydroxylation is 5. The lowest BCUT2D eigenvalue weighted by molar-refractivity contribution is -0.143. The van der Waals surface area contributed by atoms with Crippen molar-refractivity contribution in [3.05, 3.63) is 116 Å². The maximum absolute atomic E-state index is 13.6. The Labute approximate surface area is 767 Å². The molecule has 0 aromatic heterocycles. The van der Waals surface area contributed by atoms with Crippen LogP contribution in [0.3, 0.4) is 0 Å². The van der Waals surface area contributed by atoms with Crippen molar-refractivity contribution in [1.82, 2.24) is 0 Å². The molecule has 0 fully saturated rings. The van der Waals surface area contributed by atoms with Crippen molar-refractivity contribution in [3.63, 3.8) is 0 Å². The van der Waals surface area contributed by atoms with Gasteiger partial charge in [-0.25, -0.2) is 19.2 Å². The van der Waals surface area contributed by atoms with Gasteiger partial charge in [-0.1, -0.05) is 468 Å². The minimum absolute atomic E-state index is 0.236. The SMILES string of the molecule is CCCCCCCCCCCCCCCCCCc1ccc(OCC(=O)OC)c(Cc2cc(CCCCCCCCCCCCCCCCCC)cc(Cc3cc(CCCCCCCCCCCCCCCCCC)cc(Cc4cc(CCCCCCCCCCCCCCCCCC)cc(CC)c4OCC(=O)OC)c3OCC(=O)OC)c2OCC(=O)OC)c1. The molecule has 4 rings (SSSR count). The molecule has 0 amide bonds. The van der Waals surface area contributed by atoms with Crippen LogP contribution in [0.25, 0.3) is 0 Å². The molecule has 0 heterocycles. The van der Waals surface area contributed by atoms with Gasteiger partial charge < -0.3 is 37.9 Å². The third kappa shape index (κ3) is 55.6. The number of unbranched alkanes of at least 4 members (excludes halogenated alkanes) is 60. The molecule has 0 atom stereocenters. The second kappa shape index (κ2) is 77.9. The summed E-state index contributed by atoms with van der Waals surface area (Å²) >= 11 is 0. The van der Waals surface area contributed by atoms with Crippen LogP contribution in [0.4, 0.5) is 0 Å². The number of carbonyl (C=O) groups excluding carboxylic acids is 4. The lowest BCUT2D eigenvalue weighted by Gasteiger charge is -2.23. The summed E-state index contributed by atoms with van der Waals surface area (Å²) in [5.41, 5.74) is 11.2. The molecule has 0 bridgehead atoms. The van der Waals surface area contributed by atoms with Gasteiger partial charge >= 0.3 is 23.9 Å². The number of esters is 4. The van der Waals surface area contributed by atoms with E-state index in [1.165, 1.54) is 399 Å². The molecule has 0 aliphatic heterocycles. The van der Waals surface area contributed by atoms with Crippen LogP contribution in [0, 0.1) is 0 Å². The van der Waals surface area contributed by atoms with E-state index >= 15 is 0 Å². The number of hydrogen-bond acceptors (Lipinski definition) is 12. The van der Waals surface area contributed by atoms with Gasteiger partial charge in [0.1, 0.15) is 23.0 Å². The van der Waals surface area contributed by atoms with Crippen molar-refractivity contribution < 1.29 is 57.1 Å². The molecule has 0 aliphatic rings. The summed E-state index contributed by atoms with van der Waals surface area (Å²) in [5.74, 6) is 0.504. The Morgan fingerprint density at radius 1 is 0.200 bits per heavy atom. The lowest BCUT2D eigenvalue weighted by Crippen LogP contribution is -2.17. The summed E-state index contributed by atoms with van der Waals surface area (Å²) in [4.78, 5) is 53.3. The Morgan fingerprint density at radius 2 is 0.376 bits per heavy atom. The lowest BCUT2D eigenvalue weighted by atomic mass is 9.89. The fraction of sp³-hybridized carbons (Fsp3) is 0.752. The Morgan fingerprint density at radius 3 is 0.592 bits per heavy atom. The van der Waals surface area contributed by atoms with Gasteiger partial charge in [0.15, 0.2) is 26.4 Å². The molecule has 4 aromatic carbocycles. The highest BCUT2D eigenvalue weighted by Crippen LogP contribution is 2.40. The predicted molar refractivity (Wildman–Crippen MR) is 527 cm³/mol. The molecule has 4 aromatic rings. The first-order chi connectivity index (χ1) is 61.4. The van der Waals surface area contributed by atoms with Crippen molar-refractivity contribution in [2.24, 2.45) is 0 Å². The molecule has 0 unspecified atom stereocenters. The van der Waals surface area contributed by atoms with Gasteiger partial charge in [0.05, 0.1) is 28.4 Å². The number of methoxy groups -OCH3 is 4. The van der Waals surface area contributed by atoms with Crippen LogP contribution in [0.2, 0.25) is 0 Å². The summed E-state index contributed by atoms with van der Waals surface area (Å²) in [6, 6.07) is 20.1. The van der Waals surface area contributed by atoms with Crippen LogP contribution in [0.1, 0.15) is 507 Å². The molecular formula is C113H188O12. The first-order valence-electron chi connectivity index (χ1n) is 52.8. The van der Waals surface area contributed by atoms with E-state index < -0.39 is 23.9 Å². The van der Waals surface area contributed by atoms with E-state index in [1.54, 1.807) is 0 Å². The summed E-state index contributed by atoms with van der Waals surface area (Å²) in [5, 5.41) is 0. The number of benzene rings is 4. The summed E-state index contributed by atoms with van der Waals surface area (Å²) in [7, 11) is 5.59. The van der Waals surface area contributed by atoms with E-state index in [0.29, 0.717) is 48.7 Å². The molecule has 0 saturated carbocycles. The first kappa shape index (κ1) is 111. The molecule has 12 nitrogen and oxygen atoms in total. The summed E-state index contributed by atoms with van der Waals surface area (Å²) in [6.07, 6.45) is 88.8. The van der Waals surface area contributed by atoms with Gasteiger partial charge in [-0.2, -0.15) is 0 Å². The highest BCUT2D eigenvalue weighted by Gasteiger charge is 2.25. The molecule has 0 N–H and O–H groups in total. The quantitative estimate of drug-likeness (QED) is 0.0236. The topological polar surface area (TPSA) is 142 Å². The van der Waals surface area contributed by atoms with Gasteiger partial charge in [-0.15, -0.1) is 0 Å². The van der Waals surface area contributed by atoms with Gasteiger partial charge in [-0.05, 0) is 125 Å². The molecule has 125 heavy (non-hydrogen) atoms. The second-order valence-corrected chi connectivity index (χ2v) is 37.2. The molecule has 0 radical (unpaired) electrons. The zero-order valence-corrected chi connectivity index (χ0v) is 82.3. The largest absolute Gasteiger partial charge is 0.482 e. The molecule has 0 saturated heterocycles. The summed E-state index contributed by atoms with van der Waals surface area (Å²) in [6.45, 7) is 10.2. The minimum Gasteiger partial charge on any atom is -0.482 e. The van der Waals surface area contributed by atoms with Gasteiger partial charge in [0, 0.05) is 19.3 Å². The fourth-order valence-electron chi connectivity index (χ4n) is 18.3. The van der Waals surface area contributed by atoms with E-state index in [9.17, 15) is 19.2 Å². The van der Waals surface area contributed by atoms with Crippen molar-refractivity contribution >= 4 is 23.9 Å². The van der Waals surface area contributed by atoms with Gasteiger partial charge in [-0.3, -0.25) is 0 Å². The minimum atomic E-state index is -0.499. The second-order valence-electron chi connectivity index (χ2n) is 37.2. The first-order valence-corrected chi connectivity index (χ1v) is 52.8. The maximum atomic E-state index is 13.6. The average Bonchev–Trinajstić information content (AvgIpc) is 0.782. The van der Waals surface area contributed by atoms with Gasteiger partial charge in [0.2, 0.25) is 0 Å². The number of rotatable bonds is 87. The molecular weight excluding hydrogens is 1550 g/mol. The maximum Gasteiger partial charge on any atom is 0.343 e. The zero-order chi connectivity index (χ0) is 89.7. The van der Waals surface area contributed by atoms with Gasteiger partial charge in [0.25, 0.3) is 0 Å². The predicted octanol–water partition coefficient (Wildman–Crippen LogP) is 32.4. The number of hydrogen-bond donors (Lipinski definition) is 0. The van der Waals surface area contributed by atoms with Crippen LogP contribution in [-0.2, 0) is 89.5 Å². The van der Waals surface area contributed by atoms with E-state index in [4.69, 9.17) is 37.9 Å². The number of carbonyl (C=O) groups is 4. The molecule has 712 valence electrons. The molecule has 12 heteroatoms.